The van der Waals surface area contributed by atoms with Crippen molar-refractivity contribution in [2.45, 2.75) is 77.4 Å². The minimum Gasteiger partial charge on any atom is -0.353 e. The van der Waals surface area contributed by atoms with Crippen LogP contribution in [0.2, 0.25) is 0 Å². The standard InChI is InChI=1S/C21H35FO2/c1-5-7-8-9-10-11-12-19(21(6-2,23-3)24-4)17-18-13-15-20(22)16-14-18/h13-16,19H,5-12,17H2,1-4H3. The third kappa shape index (κ3) is 6.52. The minimum absolute atomic E-state index is 0.188. The van der Waals surface area contributed by atoms with Crippen molar-refractivity contribution in [1.82, 2.24) is 0 Å². The molecule has 2 nitrogen and oxygen atoms in total. The first-order valence-electron chi connectivity index (χ1n) is 9.46. The summed E-state index contributed by atoms with van der Waals surface area (Å²) in [5.41, 5.74) is 1.14. The molecule has 1 atom stereocenters. The molecule has 1 unspecified atom stereocenters. The summed E-state index contributed by atoms with van der Waals surface area (Å²) in [7, 11) is 3.46. The summed E-state index contributed by atoms with van der Waals surface area (Å²) in [6, 6.07) is 6.80. The van der Waals surface area contributed by atoms with Gasteiger partial charge in [0.1, 0.15) is 5.82 Å². The highest BCUT2D eigenvalue weighted by Crippen LogP contribution is 2.33. The molecule has 1 aromatic carbocycles. The summed E-state index contributed by atoms with van der Waals surface area (Å²) in [4.78, 5) is 0. The lowest BCUT2D eigenvalue weighted by molar-refractivity contribution is -0.243. The van der Waals surface area contributed by atoms with Crippen molar-refractivity contribution in [1.29, 1.82) is 0 Å². The number of rotatable bonds is 13. The normalized spacial score (nSPS) is 13.2. The van der Waals surface area contributed by atoms with E-state index in [1.165, 1.54) is 50.7 Å². The Balaban J connectivity index is 2.69. The third-order valence-corrected chi connectivity index (χ3v) is 5.11. The predicted octanol–water partition coefficient (Wildman–Crippen LogP) is 6.13. The smallest absolute Gasteiger partial charge is 0.170 e. The Kier molecular flexibility index (Phi) is 10.2. The zero-order valence-electron chi connectivity index (χ0n) is 15.9. The van der Waals surface area contributed by atoms with Crippen molar-refractivity contribution in [2.75, 3.05) is 14.2 Å². The fourth-order valence-electron chi connectivity index (χ4n) is 3.55. The summed E-state index contributed by atoms with van der Waals surface area (Å²) < 4.78 is 24.7. The van der Waals surface area contributed by atoms with Gasteiger partial charge in [-0.15, -0.1) is 0 Å². The lowest BCUT2D eigenvalue weighted by Gasteiger charge is -2.38. The number of hydrogen-bond donors (Lipinski definition) is 0. The molecule has 0 aliphatic rings. The molecule has 0 radical (unpaired) electrons. The van der Waals surface area contributed by atoms with Gasteiger partial charge in [-0.3, -0.25) is 0 Å². The van der Waals surface area contributed by atoms with E-state index in [1.54, 1.807) is 14.2 Å². The van der Waals surface area contributed by atoms with Gasteiger partial charge in [0, 0.05) is 20.1 Å². The Hall–Kier alpha value is -0.930. The van der Waals surface area contributed by atoms with Crippen LogP contribution in [0.15, 0.2) is 24.3 Å². The molecule has 0 aliphatic heterocycles. The van der Waals surface area contributed by atoms with Gasteiger partial charge < -0.3 is 9.47 Å². The van der Waals surface area contributed by atoms with Crippen molar-refractivity contribution in [3.05, 3.63) is 35.6 Å². The van der Waals surface area contributed by atoms with Crippen molar-refractivity contribution >= 4 is 0 Å². The van der Waals surface area contributed by atoms with Crippen LogP contribution < -0.4 is 0 Å². The lowest BCUT2D eigenvalue weighted by atomic mass is 9.84. The van der Waals surface area contributed by atoms with Crippen LogP contribution in [0.1, 0.15) is 70.8 Å². The second kappa shape index (κ2) is 11.6. The molecule has 0 spiro atoms. The van der Waals surface area contributed by atoms with E-state index in [-0.39, 0.29) is 11.7 Å². The van der Waals surface area contributed by atoms with Crippen LogP contribution >= 0.6 is 0 Å². The first-order chi connectivity index (χ1) is 11.6. The molecule has 0 saturated carbocycles. The van der Waals surface area contributed by atoms with Crippen LogP contribution in [0.4, 0.5) is 4.39 Å². The van der Waals surface area contributed by atoms with Gasteiger partial charge in [-0.25, -0.2) is 4.39 Å². The van der Waals surface area contributed by atoms with Gasteiger partial charge >= 0.3 is 0 Å². The average molecular weight is 339 g/mol. The molecule has 3 heteroatoms. The lowest BCUT2D eigenvalue weighted by Crippen LogP contribution is -2.42. The number of benzene rings is 1. The number of ether oxygens (including phenoxy) is 2. The summed E-state index contributed by atoms with van der Waals surface area (Å²) in [6.07, 6.45) is 10.4. The SMILES string of the molecule is CCCCCCCCC(Cc1ccc(F)cc1)C(CC)(OC)OC. The Morgan fingerprint density at radius 1 is 0.917 bits per heavy atom. The van der Waals surface area contributed by atoms with Gasteiger partial charge in [0.25, 0.3) is 0 Å². The summed E-state index contributed by atoms with van der Waals surface area (Å²) in [6.45, 7) is 4.34. The Bertz CT molecular complexity index is 418. The molecular weight excluding hydrogens is 303 g/mol. The third-order valence-electron chi connectivity index (χ3n) is 5.11. The van der Waals surface area contributed by atoms with Gasteiger partial charge in [0.15, 0.2) is 5.79 Å². The molecule has 24 heavy (non-hydrogen) atoms. The highest BCUT2D eigenvalue weighted by atomic mass is 19.1. The summed E-state index contributed by atoms with van der Waals surface area (Å²) in [5.74, 6) is -0.474. The highest BCUT2D eigenvalue weighted by Gasteiger charge is 2.37. The second-order valence-corrected chi connectivity index (χ2v) is 6.66. The van der Waals surface area contributed by atoms with Crippen LogP contribution in [0, 0.1) is 11.7 Å². The molecule has 0 fully saturated rings. The molecule has 1 aromatic rings. The maximum Gasteiger partial charge on any atom is 0.170 e. The van der Waals surface area contributed by atoms with E-state index in [1.807, 2.05) is 12.1 Å². The van der Waals surface area contributed by atoms with Gasteiger partial charge in [-0.1, -0.05) is 64.5 Å². The number of unbranched alkanes of at least 4 members (excludes halogenated alkanes) is 5. The van der Waals surface area contributed by atoms with Gasteiger partial charge in [0.2, 0.25) is 0 Å². The first kappa shape index (κ1) is 21.1. The molecule has 0 heterocycles. The molecule has 1 rings (SSSR count). The molecule has 0 saturated heterocycles. The molecule has 0 bridgehead atoms. The molecule has 0 N–H and O–H groups in total. The molecule has 0 aromatic heterocycles. The van der Waals surface area contributed by atoms with Crippen molar-refractivity contribution < 1.29 is 13.9 Å². The Morgan fingerprint density at radius 3 is 2.04 bits per heavy atom. The molecule has 0 amide bonds. The quantitative estimate of drug-likeness (QED) is 0.318. The van der Waals surface area contributed by atoms with E-state index in [9.17, 15) is 4.39 Å². The molecule has 138 valence electrons. The van der Waals surface area contributed by atoms with Crippen LogP contribution in [0.25, 0.3) is 0 Å². The monoisotopic (exact) mass is 338 g/mol. The van der Waals surface area contributed by atoms with Crippen LogP contribution in [-0.4, -0.2) is 20.0 Å². The van der Waals surface area contributed by atoms with E-state index in [4.69, 9.17) is 9.47 Å². The Morgan fingerprint density at radius 2 is 1.50 bits per heavy atom. The fraction of sp³-hybridized carbons (Fsp3) is 0.714. The first-order valence-corrected chi connectivity index (χ1v) is 9.46. The van der Waals surface area contributed by atoms with Crippen molar-refractivity contribution in [3.63, 3.8) is 0 Å². The predicted molar refractivity (Wildman–Crippen MR) is 98.6 cm³/mol. The maximum atomic E-state index is 13.2. The minimum atomic E-state index is -0.558. The van der Waals surface area contributed by atoms with Crippen LogP contribution in [-0.2, 0) is 15.9 Å². The highest BCUT2D eigenvalue weighted by molar-refractivity contribution is 5.17. The van der Waals surface area contributed by atoms with Crippen LogP contribution in [0.5, 0.6) is 0 Å². The topological polar surface area (TPSA) is 18.5 Å². The van der Waals surface area contributed by atoms with E-state index in [2.05, 4.69) is 13.8 Å². The number of methoxy groups -OCH3 is 2. The zero-order chi connectivity index (χ0) is 17.8. The van der Waals surface area contributed by atoms with E-state index >= 15 is 0 Å². The average Bonchev–Trinajstić information content (AvgIpc) is 2.61. The maximum absolute atomic E-state index is 13.2. The number of hydrogen-bond acceptors (Lipinski definition) is 2. The van der Waals surface area contributed by atoms with Gasteiger partial charge in [-0.05, 0) is 37.0 Å². The number of halogens is 1. The largest absolute Gasteiger partial charge is 0.353 e. The van der Waals surface area contributed by atoms with Crippen LogP contribution in [0.3, 0.4) is 0 Å². The second-order valence-electron chi connectivity index (χ2n) is 6.66. The van der Waals surface area contributed by atoms with E-state index in [0.29, 0.717) is 0 Å². The zero-order valence-corrected chi connectivity index (χ0v) is 15.9. The van der Waals surface area contributed by atoms with Gasteiger partial charge in [-0.2, -0.15) is 0 Å². The Labute approximate surface area is 147 Å². The van der Waals surface area contributed by atoms with Crippen molar-refractivity contribution in [2.24, 2.45) is 5.92 Å². The van der Waals surface area contributed by atoms with E-state index < -0.39 is 5.79 Å². The molecular formula is C21H35FO2. The summed E-state index contributed by atoms with van der Waals surface area (Å²) >= 11 is 0. The van der Waals surface area contributed by atoms with E-state index in [0.717, 1.165) is 24.8 Å². The fourth-order valence-corrected chi connectivity index (χ4v) is 3.55. The molecule has 0 aliphatic carbocycles. The van der Waals surface area contributed by atoms with Gasteiger partial charge in [0.05, 0.1) is 0 Å². The van der Waals surface area contributed by atoms with Crippen molar-refractivity contribution in [3.8, 4) is 0 Å². The summed E-state index contributed by atoms with van der Waals surface area (Å²) in [5, 5.41) is 0.